The number of carbonyl (C=O) groups excluding carboxylic acids is 1. The third kappa shape index (κ3) is 5.46. The van der Waals surface area contributed by atoms with Crippen LogP contribution in [0.25, 0.3) is 0 Å². The molecule has 1 atom stereocenters. The van der Waals surface area contributed by atoms with Gasteiger partial charge < -0.3 is 15.4 Å². The molecule has 1 aromatic heterocycles. The molecular formula is C20H26N4O2. The highest BCUT2D eigenvalue weighted by Gasteiger charge is 2.23. The Balaban J connectivity index is 1.39. The fourth-order valence-electron chi connectivity index (χ4n) is 3.14. The van der Waals surface area contributed by atoms with Crippen molar-refractivity contribution >= 4 is 17.4 Å². The molecule has 1 fully saturated rings. The van der Waals surface area contributed by atoms with Crippen molar-refractivity contribution in [3.63, 3.8) is 0 Å². The van der Waals surface area contributed by atoms with Gasteiger partial charge in [0.15, 0.2) is 0 Å². The number of nitrogens with zero attached hydrogens (tertiary/aromatic N) is 2. The summed E-state index contributed by atoms with van der Waals surface area (Å²) >= 11 is 0. The van der Waals surface area contributed by atoms with Gasteiger partial charge in [0.2, 0.25) is 5.91 Å². The van der Waals surface area contributed by atoms with Gasteiger partial charge in [-0.3, -0.25) is 9.69 Å². The number of hydrogen-bond acceptors (Lipinski definition) is 5. The minimum Gasteiger partial charge on any atom is -0.494 e. The summed E-state index contributed by atoms with van der Waals surface area (Å²) in [7, 11) is 0. The third-order valence-electron chi connectivity index (χ3n) is 4.42. The average Bonchev–Trinajstić information content (AvgIpc) is 3.10. The van der Waals surface area contributed by atoms with Crippen molar-refractivity contribution in [2.24, 2.45) is 5.92 Å². The summed E-state index contributed by atoms with van der Waals surface area (Å²) in [6, 6.07) is 13.3. The molecule has 3 rings (SSSR count). The maximum atomic E-state index is 12.3. The van der Waals surface area contributed by atoms with Crippen molar-refractivity contribution in [3.05, 3.63) is 48.7 Å². The van der Waals surface area contributed by atoms with Crippen molar-refractivity contribution < 1.29 is 9.53 Å². The molecule has 1 aliphatic heterocycles. The Bertz CT molecular complexity index is 691. The van der Waals surface area contributed by atoms with Crippen molar-refractivity contribution in [2.45, 2.75) is 13.3 Å². The Morgan fingerprint density at radius 3 is 2.85 bits per heavy atom. The van der Waals surface area contributed by atoms with Crippen LogP contribution in [0.3, 0.4) is 0 Å². The zero-order valence-electron chi connectivity index (χ0n) is 15.1. The molecule has 1 saturated heterocycles. The number of carbonyl (C=O) groups is 1. The monoisotopic (exact) mass is 354 g/mol. The van der Waals surface area contributed by atoms with Gasteiger partial charge in [-0.05, 0) is 62.2 Å². The Kier molecular flexibility index (Phi) is 6.44. The zero-order chi connectivity index (χ0) is 18.2. The summed E-state index contributed by atoms with van der Waals surface area (Å²) in [5.74, 6) is 2.27. The highest BCUT2D eigenvalue weighted by atomic mass is 16.5. The number of hydrogen-bond donors (Lipinski definition) is 2. The normalized spacial score (nSPS) is 17.0. The summed E-state index contributed by atoms with van der Waals surface area (Å²) in [4.78, 5) is 18.7. The van der Waals surface area contributed by atoms with E-state index in [4.69, 9.17) is 4.74 Å². The molecule has 0 aliphatic carbocycles. The van der Waals surface area contributed by atoms with Gasteiger partial charge in [-0.2, -0.15) is 0 Å². The topological polar surface area (TPSA) is 66.5 Å². The van der Waals surface area contributed by atoms with E-state index in [0.29, 0.717) is 19.1 Å². The minimum absolute atomic E-state index is 0.0208. The van der Waals surface area contributed by atoms with Crippen LogP contribution in [0.2, 0.25) is 0 Å². The van der Waals surface area contributed by atoms with E-state index in [1.165, 1.54) is 0 Å². The van der Waals surface area contributed by atoms with E-state index >= 15 is 0 Å². The molecule has 1 amide bonds. The summed E-state index contributed by atoms with van der Waals surface area (Å²) < 4.78 is 5.41. The molecule has 0 bridgehead atoms. The van der Waals surface area contributed by atoms with Crippen molar-refractivity contribution in [1.29, 1.82) is 0 Å². The van der Waals surface area contributed by atoms with Crippen molar-refractivity contribution in [2.75, 3.05) is 43.4 Å². The molecule has 6 heteroatoms. The molecule has 2 N–H and O–H groups in total. The number of ether oxygens (including phenoxy) is 1. The quantitative estimate of drug-likeness (QED) is 0.763. The van der Waals surface area contributed by atoms with Gasteiger partial charge in [0.1, 0.15) is 11.6 Å². The average molecular weight is 354 g/mol. The van der Waals surface area contributed by atoms with Crippen LogP contribution in [0.5, 0.6) is 5.75 Å². The molecular weight excluding hydrogens is 328 g/mol. The first kappa shape index (κ1) is 18.2. The first-order chi connectivity index (χ1) is 12.7. The first-order valence-corrected chi connectivity index (χ1v) is 9.13. The number of pyridine rings is 1. The van der Waals surface area contributed by atoms with E-state index in [2.05, 4.69) is 20.5 Å². The maximum Gasteiger partial charge on any atom is 0.238 e. The lowest BCUT2D eigenvalue weighted by Gasteiger charge is -2.16. The number of aromatic nitrogens is 1. The van der Waals surface area contributed by atoms with E-state index in [-0.39, 0.29) is 5.91 Å². The van der Waals surface area contributed by atoms with E-state index in [0.717, 1.165) is 43.3 Å². The summed E-state index contributed by atoms with van der Waals surface area (Å²) in [5.41, 5.74) is 0.797. The largest absolute Gasteiger partial charge is 0.494 e. The zero-order valence-corrected chi connectivity index (χ0v) is 15.1. The molecule has 1 aliphatic rings. The summed E-state index contributed by atoms with van der Waals surface area (Å²) in [6.45, 7) is 5.77. The lowest BCUT2D eigenvalue weighted by atomic mass is 10.1. The second-order valence-electron chi connectivity index (χ2n) is 6.49. The Hall–Kier alpha value is -2.60. The first-order valence-electron chi connectivity index (χ1n) is 9.13. The van der Waals surface area contributed by atoms with Crippen molar-refractivity contribution in [3.8, 4) is 5.75 Å². The third-order valence-corrected chi connectivity index (χ3v) is 4.42. The molecule has 0 radical (unpaired) electrons. The van der Waals surface area contributed by atoms with Crippen LogP contribution in [-0.2, 0) is 4.79 Å². The minimum atomic E-state index is 0.0208. The van der Waals surface area contributed by atoms with Gasteiger partial charge >= 0.3 is 0 Å². The van der Waals surface area contributed by atoms with Crippen molar-refractivity contribution in [1.82, 2.24) is 9.88 Å². The highest BCUT2D eigenvalue weighted by Crippen LogP contribution is 2.18. The van der Waals surface area contributed by atoms with Gasteiger partial charge in [0, 0.05) is 25.0 Å². The molecule has 2 heterocycles. The molecule has 2 aromatic rings. The number of anilines is 2. The number of benzene rings is 1. The fourth-order valence-corrected chi connectivity index (χ4v) is 3.14. The number of likely N-dealkylation sites (tertiary alicyclic amines) is 1. The van der Waals surface area contributed by atoms with Crippen LogP contribution in [0.1, 0.15) is 13.3 Å². The van der Waals surface area contributed by atoms with Gasteiger partial charge in [0.25, 0.3) is 0 Å². The molecule has 1 aromatic carbocycles. The second kappa shape index (κ2) is 9.20. The number of rotatable bonds is 8. The van der Waals surface area contributed by atoms with Crippen LogP contribution >= 0.6 is 0 Å². The Morgan fingerprint density at radius 2 is 2.12 bits per heavy atom. The van der Waals surface area contributed by atoms with Gasteiger partial charge in [-0.25, -0.2) is 4.98 Å². The number of nitrogens with one attached hydrogen (secondary N) is 2. The van der Waals surface area contributed by atoms with Crippen LogP contribution in [0, 0.1) is 5.92 Å². The van der Waals surface area contributed by atoms with Crippen LogP contribution in [0.4, 0.5) is 11.5 Å². The predicted octanol–water partition coefficient (Wildman–Crippen LogP) is 2.85. The fraction of sp³-hybridized carbons (Fsp3) is 0.400. The summed E-state index contributed by atoms with van der Waals surface area (Å²) in [6.07, 6.45) is 2.88. The molecule has 138 valence electrons. The van der Waals surface area contributed by atoms with Gasteiger partial charge in [0.05, 0.1) is 13.2 Å². The Labute approximate surface area is 154 Å². The lowest BCUT2D eigenvalue weighted by Crippen LogP contribution is -2.32. The Morgan fingerprint density at radius 1 is 1.27 bits per heavy atom. The second-order valence-corrected chi connectivity index (χ2v) is 6.49. The smallest absolute Gasteiger partial charge is 0.238 e. The van der Waals surface area contributed by atoms with E-state index in [9.17, 15) is 4.79 Å². The predicted molar refractivity (Wildman–Crippen MR) is 104 cm³/mol. The standard InChI is InChI=1S/C20H26N4O2/c1-2-26-18-8-6-17(7-9-18)23-20(25)15-24-12-10-16(14-24)13-22-19-5-3-4-11-21-19/h3-9,11,16H,2,10,12-15H2,1H3,(H,21,22)(H,23,25). The van der Waals surface area contributed by atoms with Crippen LogP contribution in [0.15, 0.2) is 48.7 Å². The molecule has 6 nitrogen and oxygen atoms in total. The molecule has 0 spiro atoms. The number of amides is 1. The molecule has 26 heavy (non-hydrogen) atoms. The molecule has 0 saturated carbocycles. The maximum absolute atomic E-state index is 12.3. The summed E-state index contributed by atoms with van der Waals surface area (Å²) in [5, 5.41) is 6.31. The SMILES string of the molecule is CCOc1ccc(NC(=O)CN2CCC(CNc3ccccn3)C2)cc1. The molecule has 1 unspecified atom stereocenters. The van der Waals surface area contributed by atoms with E-state index in [1.54, 1.807) is 6.20 Å². The van der Waals surface area contributed by atoms with E-state index in [1.807, 2.05) is 49.4 Å². The highest BCUT2D eigenvalue weighted by molar-refractivity contribution is 5.92. The lowest BCUT2D eigenvalue weighted by molar-refractivity contribution is -0.117. The van der Waals surface area contributed by atoms with E-state index < -0.39 is 0 Å². The van der Waals surface area contributed by atoms with Gasteiger partial charge in [-0.15, -0.1) is 0 Å². The van der Waals surface area contributed by atoms with Gasteiger partial charge in [-0.1, -0.05) is 6.07 Å². The van der Waals surface area contributed by atoms with Crippen LogP contribution < -0.4 is 15.4 Å². The van der Waals surface area contributed by atoms with Crippen LogP contribution in [-0.4, -0.2) is 48.6 Å².